The van der Waals surface area contributed by atoms with Crippen LogP contribution in [0.5, 0.6) is 0 Å². The molecule has 0 aliphatic rings. The third-order valence-electron chi connectivity index (χ3n) is 6.04. The van der Waals surface area contributed by atoms with Gasteiger partial charge in [0.15, 0.2) is 0 Å². The van der Waals surface area contributed by atoms with Crippen LogP contribution in [-0.2, 0) is 26.2 Å². The van der Waals surface area contributed by atoms with Crippen molar-refractivity contribution in [3.05, 3.63) is 95.6 Å². The molecule has 0 unspecified atom stereocenters. The second-order valence-corrected chi connectivity index (χ2v) is 12.4. The third-order valence-corrected chi connectivity index (χ3v) is 7.83. The predicted octanol–water partition coefficient (Wildman–Crippen LogP) is 4.83. The van der Waals surface area contributed by atoms with Crippen molar-refractivity contribution in [3.63, 3.8) is 0 Å². The van der Waals surface area contributed by atoms with Crippen molar-refractivity contribution < 1.29 is 18.0 Å². The Morgan fingerprint density at radius 1 is 0.868 bits per heavy atom. The number of aryl methyl sites for hydroxylation is 2. The van der Waals surface area contributed by atoms with Gasteiger partial charge in [-0.05, 0) is 76.9 Å². The van der Waals surface area contributed by atoms with E-state index >= 15 is 0 Å². The summed E-state index contributed by atoms with van der Waals surface area (Å²) in [5.41, 5.74) is 2.51. The van der Waals surface area contributed by atoms with E-state index in [2.05, 4.69) is 5.32 Å². The number of carbonyl (C=O) groups excluding carboxylic acids is 2. The van der Waals surface area contributed by atoms with E-state index < -0.39 is 34.1 Å². The summed E-state index contributed by atoms with van der Waals surface area (Å²) < 4.78 is 28.8. The molecule has 8 heteroatoms. The smallest absolute Gasteiger partial charge is 0.264 e. The van der Waals surface area contributed by atoms with E-state index in [9.17, 15) is 18.0 Å². The van der Waals surface area contributed by atoms with Gasteiger partial charge in [0.25, 0.3) is 10.0 Å². The van der Waals surface area contributed by atoms with Crippen LogP contribution in [0.1, 0.15) is 44.4 Å². The van der Waals surface area contributed by atoms with Crippen LogP contribution in [0.2, 0.25) is 0 Å². The van der Waals surface area contributed by atoms with Gasteiger partial charge in [-0.15, -0.1) is 0 Å². The Morgan fingerprint density at radius 2 is 1.50 bits per heavy atom. The fourth-order valence-corrected chi connectivity index (χ4v) is 5.39. The fourth-order valence-electron chi connectivity index (χ4n) is 3.99. The molecular formula is C30H37N3O4S. The molecule has 38 heavy (non-hydrogen) atoms. The van der Waals surface area contributed by atoms with Gasteiger partial charge in [0.05, 0.1) is 10.6 Å². The van der Waals surface area contributed by atoms with Crippen molar-refractivity contribution >= 4 is 27.5 Å². The number of benzene rings is 3. The number of rotatable bonds is 9. The lowest BCUT2D eigenvalue weighted by Crippen LogP contribution is -2.54. The minimum Gasteiger partial charge on any atom is -0.350 e. The molecule has 0 aliphatic heterocycles. The van der Waals surface area contributed by atoms with Crippen molar-refractivity contribution in [2.45, 2.75) is 64.6 Å². The second-order valence-electron chi connectivity index (χ2n) is 10.6. The maximum atomic E-state index is 13.9. The average Bonchev–Trinajstić information content (AvgIpc) is 2.85. The molecule has 7 nitrogen and oxygen atoms in total. The van der Waals surface area contributed by atoms with Gasteiger partial charge in [-0.3, -0.25) is 13.9 Å². The molecule has 0 saturated carbocycles. The van der Waals surface area contributed by atoms with Crippen molar-refractivity contribution in [2.24, 2.45) is 0 Å². The minimum absolute atomic E-state index is 0.0885. The van der Waals surface area contributed by atoms with E-state index in [0.717, 1.165) is 21.0 Å². The summed E-state index contributed by atoms with van der Waals surface area (Å²) in [6.45, 7) is 10.7. The molecule has 3 aromatic carbocycles. The molecular weight excluding hydrogens is 498 g/mol. The Bertz CT molecular complexity index is 1360. The second kappa shape index (κ2) is 11.8. The maximum absolute atomic E-state index is 13.9. The Labute approximate surface area is 226 Å². The number of nitrogens with one attached hydrogen (secondary N) is 1. The third kappa shape index (κ3) is 7.44. The highest BCUT2D eigenvalue weighted by Crippen LogP contribution is 2.25. The van der Waals surface area contributed by atoms with Crippen LogP contribution in [0.15, 0.2) is 83.8 Å². The standard InChI is InChI=1S/C30H37N3O4S/c1-22-15-17-27(18-16-22)38(36,37)33(26-14-10-11-23(2)19-26)21-28(34)32(20-25-12-8-7-9-13-25)24(3)29(35)31-30(4,5)6/h7-19,24H,20-21H2,1-6H3,(H,31,35)/t24-/m0/s1. The van der Waals surface area contributed by atoms with Gasteiger partial charge in [0.1, 0.15) is 12.6 Å². The highest BCUT2D eigenvalue weighted by atomic mass is 32.2. The van der Waals surface area contributed by atoms with Gasteiger partial charge < -0.3 is 10.2 Å². The molecule has 3 aromatic rings. The van der Waals surface area contributed by atoms with E-state index in [-0.39, 0.29) is 17.3 Å². The first kappa shape index (κ1) is 28.9. The van der Waals surface area contributed by atoms with E-state index in [1.165, 1.54) is 4.90 Å². The van der Waals surface area contributed by atoms with Gasteiger partial charge >= 0.3 is 0 Å². The molecule has 0 aliphatic carbocycles. The van der Waals surface area contributed by atoms with E-state index in [4.69, 9.17) is 0 Å². The number of carbonyl (C=O) groups is 2. The topological polar surface area (TPSA) is 86.8 Å². The Kier molecular flexibility index (Phi) is 8.99. The van der Waals surface area contributed by atoms with E-state index in [0.29, 0.717) is 5.69 Å². The number of hydrogen-bond acceptors (Lipinski definition) is 4. The molecule has 0 spiro atoms. The fraction of sp³-hybridized carbons (Fsp3) is 0.333. The molecule has 1 N–H and O–H groups in total. The predicted molar refractivity (Wildman–Crippen MR) is 151 cm³/mol. The molecule has 0 radical (unpaired) electrons. The summed E-state index contributed by atoms with van der Waals surface area (Å²) in [6.07, 6.45) is 0. The molecule has 0 heterocycles. The van der Waals surface area contributed by atoms with Crippen molar-refractivity contribution in [3.8, 4) is 0 Å². The summed E-state index contributed by atoms with van der Waals surface area (Å²) in [6, 6.07) is 22.1. The lowest BCUT2D eigenvalue weighted by molar-refractivity contribution is -0.140. The van der Waals surface area contributed by atoms with Gasteiger partial charge in [-0.2, -0.15) is 0 Å². The van der Waals surface area contributed by atoms with Crippen molar-refractivity contribution in [1.29, 1.82) is 0 Å². The minimum atomic E-state index is -4.08. The molecule has 3 rings (SSSR count). The molecule has 0 fully saturated rings. The molecule has 2 amide bonds. The number of anilines is 1. The zero-order chi connectivity index (χ0) is 28.1. The number of sulfonamides is 1. The van der Waals surface area contributed by atoms with Crippen LogP contribution in [-0.4, -0.2) is 43.3 Å². The van der Waals surface area contributed by atoms with E-state index in [1.807, 2.05) is 71.0 Å². The SMILES string of the molecule is Cc1ccc(S(=O)(=O)N(CC(=O)N(Cc2ccccc2)[C@@H](C)C(=O)NC(C)(C)C)c2cccc(C)c2)cc1. The normalized spacial score (nSPS) is 12.5. The Morgan fingerprint density at radius 3 is 2.08 bits per heavy atom. The highest BCUT2D eigenvalue weighted by Gasteiger charge is 2.33. The van der Waals surface area contributed by atoms with Crippen LogP contribution >= 0.6 is 0 Å². The van der Waals surface area contributed by atoms with Crippen LogP contribution in [0.3, 0.4) is 0 Å². The monoisotopic (exact) mass is 535 g/mol. The number of amides is 2. The molecule has 1 atom stereocenters. The zero-order valence-electron chi connectivity index (χ0n) is 22.9. The Hall–Kier alpha value is -3.65. The Balaban J connectivity index is 2.03. The summed E-state index contributed by atoms with van der Waals surface area (Å²) in [7, 11) is -4.08. The summed E-state index contributed by atoms with van der Waals surface area (Å²) >= 11 is 0. The number of nitrogens with zero attached hydrogens (tertiary/aromatic N) is 2. The highest BCUT2D eigenvalue weighted by molar-refractivity contribution is 7.92. The first-order chi connectivity index (χ1) is 17.8. The first-order valence-corrected chi connectivity index (χ1v) is 14.0. The number of hydrogen-bond donors (Lipinski definition) is 1. The van der Waals surface area contributed by atoms with Crippen LogP contribution in [0.4, 0.5) is 5.69 Å². The molecule has 0 saturated heterocycles. The quantitative estimate of drug-likeness (QED) is 0.425. The van der Waals surface area contributed by atoms with Gasteiger partial charge in [-0.25, -0.2) is 8.42 Å². The summed E-state index contributed by atoms with van der Waals surface area (Å²) in [4.78, 5) is 28.5. The van der Waals surface area contributed by atoms with Crippen LogP contribution in [0.25, 0.3) is 0 Å². The largest absolute Gasteiger partial charge is 0.350 e. The van der Waals surface area contributed by atoms with E-state index in [1.54, 1.807) is 49.4 Å². The average molecular weight is 536 g/mol. The maximum Gasteiger partial charge on any atom is 0.264 e. The van der Waals surface area contributed by atoms with Crippen molar-refractivity contribution in [1.82, 2.24) is 10.2 Å². The zero-order valence-corrected chi connectivity index (χ0v) is 23.7. The van der Waals surface area contributed by atoms with Gasteiger partial charge in [0.2, 0.25) is 11.8 Å². The summed E-state index contributed by atoms with van der Waals surface area (Å²) in [5.74, 6) is -0.798. The molecule has 0 bridgehead atoms. The molecule has 202 valence electrons. The summed E-state index contributed by atoms with van der Waals surface area (Å²) in [5, 5.41) is 2.93. The first-order valence-electron chi connectivity index (χ1n) is 12.6. The molecule has 0 aromatic heterocycles. The lowest BCUT2D eigenvalue weighted by atomic mass is 10.1. The van der Waals surface area contributed by atoms with Crippen LogP contribution in [0, 0.1) is 13.8 Å². The van der Waals surface area contributed by atoms with Crippen molar-refractivity contribution in [2.75, 3.05) is 10.8 Å². The van der Waals surface area contributed by atoms with Crippen LogP contribution < -0.4 is 9.62 Å². The van der Waals surface area contributed by atoms with Gasteiger partial charge in [-0.1, -0.05) is 60.2 Å². The van der Waals surface area contributed by atoms with Gasteiger partial charge in [0, 0.05) is 12.1 Å². The lowest BCUT2D eigenvalue weighted by Gasteiger charge is -2.33.